The number of nitrogens with zero attached hydrogens (tertiary/aromatic N) is 2. The molecule has 1 amide bonds. The summed E-state index contributed by atoms with van der Waals surface area (Å²) in [6.45, 7) is 2.54. The average molecular weight is 244 g/mol. The van der Waals surface area contributed by atoms with E-state index >= 15 is 0 Å². The molecule has 7 heteroatoms. The van der Waals surface area contributed by atoms with E-state index in [-0.39, 0.29) is 5.91 Å². The molecular weight excluding hydrogens is 230 g/mol. The zero-order valence-electron chi connectivity index (χ0n) is 9.17. The zero-order valence-corrected chi connectivity index (χ0v) is 9.93. The van der Waals surface area contributed by atoms with Gasteiger partial charge >= 0.3 is 0 Å². The molecule has 1 rings (SSSR count). The molecule has 0 radical (unpaired) electrons. The summed E-state index contributed by atoms with van der Waals surface area (Å²) in [5, 5.41) is 8.92. The molecule has 0 aliphatic heterocycles. The predicted molar refractivity (Wildman–Crippen MR) is 63.8 cm³/mol. The third-order valence-electron chi connectivity index (χ3n) is 1.76. The highest BCUT2D eigenvalue weighted by Gasteiger charge is 2.03. The van der Waals surface area contributed by atoms with E-state index in [0.29, 0.717) is 29.9 Å². The van der Waals surface area contributed by atoms with Crippen LogP contribution in [0.5, 0.6) is 0 Å². The van der Waals surface area contributed by atoms with Crippen LogP contribution in [-0.4, -0.2) is 36.0 Å². The van der Waals surface area contributed by atoms with Gasteiger partial charge in [0, 0.05) is 27.1 Å². The molecule has 0 aromatic carbocycles. The van der Waals surface area contributed by atoms with Crippen LogP contribution in [0, 0.1) is 0 Å². The Morgan fingerprint density at radius 2 is 2.25 bits per heavy atom. The van der Waals surface area contributed by atoms with Gasteiger partial charge in [0.05, 0.1) is 6.20 Å². The Morgan fingerprint density at radius 1 is 1.50 bits per heavy atom. The fourth-order valence-corrected chi connectivity index (χ4v) is 1.19. The van der Waals surface area contributed by atoms with Crippen molar-refractivity contribution in [1.82, 2.24) is 15.3 Å². The molecule has 88 valence electrons. The van der Waals surface area contributed by atoms with E-state index in [1.807, 2.05) is 0 Å². The fourth-order valence-electron chi connectivity index (χ4n) is 1.03. The number of amides is 1. The summed E-state index contributed by atoms with van der Waals surface area (Å²) in [6, 6.07) is 0. The lowest BCUT2D eigenvalue weighted by atomic mass is 10.5. The number of carbonyl (C=O) groups is 1. The summed E-state index contributed by atoms with van der Waals surface area (Å²) < 4.78 is 0. The predicted octanol–water partition coefficient (Wildman–Crippen LogP) is 0.720. The normalized spacial score (nSPS) is 9.69. The third-order valence-corrected chi connectivity index (χ3v) is 2.04. The van der Waals surface area contributed by atoms with E-state index in [9.17, 15) is 4.79 Å². The summed E-state index contributed by atoms with van der Waals surface area (Å²) in [6.07, 6.45) is 1.52. The first kappa shape index (κ1) is 12.5. The van der Waals surface area contributed by atoms with Crippen LogP contribution in [0.15, 0.2) is 6.20 Å². The number of anilines is 2. The Labute approximate surface area is 98.8 Å². The van der Waals surface area contributed by atoms with Crippen molar-refractivity contribution in [3.8, 4) is 0 Å². The second-order valence-electron chi connectivity index (χ2n) is 3.05. The van der Waals surface area contributed by atoms with Crippen LogP contribution < -0.4 is 16.0 Å². The SMILES string of the molecule is CNc1ncc(Cl)c(NCCNC(C)=O)n1. The minimum atomic E-state index is -0.0634. The highest BCUT2D eigenvalue weighted by Crippen LogP contribution is 2.18. The zero-order chi connectivity index (χ0) is 12.0. The van der Waals surface area contributed by atoms with Crippen molar-refractivity contribution in [2.45, 2.75) is 6.92 Å². The van der Waals surface area contributed by atoms with E-state index in [2.05, 4.69) is 25.9 Å². The molecule has 6 nitrogen and oxygen atoms in total. The van der Waals surface area contributed by atoms with Gasteiger partial charge in [-0.25, -0.2) is 4.98 Å². The number of hydrogen-bond acceptors (Lipinski definition) is 5. The quantitative estimate of drug-likeness (QED) is 0.664. The van der Waals surface area contributed by atoms with Crippen LogP contribution in [0.4, 0.5) is 11.8 Å². The van der Waals surface area contributed by atoms with Crippen LogP contribution in [0.25, 0.3) is 0 Å². The summed E-state index contributed by atoms with van der Waals surface area (Å²) in [4.78, 5) is 18.7. The first-order valence-corrected chi connectivity index (χ1v) is 5.20. The molecule has 1 aromatic heterocycles. The van der Waals surface area contributed by atoms with Crippen molar-refractivity contribution in [2.75, 3.05) is 30.8 Å². The van der Waals surface area contributed by atoms with Gasteiger partial charge in [0.25, 0.3) is 0 Å². The largest absolute Gasteiger partial charge is 0.367 e. The maximum atomic E-state index is 10.6. The van der Waals surface area contributed by atoms with Crippen LogP contribution in [0.2, 0.25) is 5.02 Å². The van der Waals surface area contributed by atoms with Gasteiger partial charge in [0.15, 0.2) is 5.82 Å². The standard InChI is InChI=1S/C9H14ClN5O/c1-6(16)12-3-4-13-8-7(10)5-14-9(11-2)15-8/h5H,3-4H2,1-2H3,(H,12,16)(H2,11,13,14,15). The van der Waals surface area contributed by atoms with Crippen molar-refractivity contribution in [2.24, 2.45) is 0 Å². The molecule has 0 bridgehead atoms. The molecule has 0 fully saturated rings. The van der Waals surface area contributed by atoms with Crippen LogP contribution in [0.1, 0.15) is 6.92 Å². The Kier molecular flexibility index (Phi) is 4.78. The number of aromatic nitrogens is 2. The number of halogens is 1. The van der Waals surface area contributed by atoms with Crippen LogP contribution in [-0.2, 0) is 4.79 Å². The van der Waals surface area contributed by atoms with Gasteiger partial charge in [-0.2, -0.15) is 4.98 Å². The van der Waals surface area contributed by atoms with Crippen molar-refractivity contribution < 1.29 is 4.79 Å². The number of hydrogen-bond donors (Lipinski definition) is 3. The summed E-state index contributed by atoms with van der Waals surface area (Å²) in [5.74, 6) is 0.976. The molecule has 0 saturated carbocycles. The minimum absolute atomic E-state index is 0.0634. The van der Waals surface area contributed by atoms with Gasteiger partial charge in [-0.3, -0.25) is 4.79 Å². The van der Waals surface area contributed by atoms with Crippen molar-refractivity contribution in [3.05, 3.63) is 11.2 Å². The van der Waals surface area contributed by atoms with E-state index in [1.165, 1.54) is 13.1 Å². The molecule has 16 heavy (non-hydrogen) atoms. The van der Waals surface area contributed by atoms with Crippen LogP contribution in [0.3, 0.4) is 0 Å². The lowest BCUT2D eigenvalue weighted by molar-refractivity contribution is -0.118. The first-order valence-electron chi connectivity index (χ1n) is 4.82. The highest BCUT2D eigenvalue weighted by molar-refractivity contribution is 6.32. The van der Waals surface area contributed by atoms with Crippen LogP contribution >= 0.6 is 11.6 Å². The Morgan fingerprint density at radius 3 is 2.88 bits per heavy atom. The fraction of sp³-hybridized carbons (Fsp3) is 0.444. The smallest absolute Gasteiger partial charge is 0.224 e. The number of rotatable bonds is 5. The molecule has 0 atom stereocenters. The molecule has 3 N–H and O–H groups in total. The average Bonchev–Trinajstić information content (AvgIpc) is 2.26. The van der Waals surface area contributed by atoms with Gasteiger partial charge < -0.3 is 16.0 Å². The maximum absolute atomic E-state index is 10.6. The Bertz CT molecular complexity index is 371. The highest BCUT2D eigenvalue weighted by atomic mass is 35.5. The Balaban J connectivity index is 2.49. The van der Waals surface area contributed by atoms with Gasteiger partial charge in [0.1, 0.15) is 5.02 Å². The molecule has 0 spiro atoms. The topological polar surface area (TPSA) is 78.9 Å². The third kappa shape index (κ3) is 3.90. The van der Waals surface area contributed by atoms with Crippen molar-refractivity contribution in [3.63, 3.8) is 0 Å². The van der Waals surface area contributed by atoms with E-state index in [4.69, 9.17) is 11.6 Å². The molecule has 1 aromatic rings. The van der Waals surface area contributed by atoms with E-state index < -0.39 is 0 Å². The summed E-state index contributed by atoms with van der Waals surface area (Å²) in [5.41, 5.74) is 0. The molecule has 1 heterocycles. The number of nitrogens with one attached hydrogen (secondary N) is 3. The maximum Gasteiger partial charge on any atom is 0.224 e. The molecule has 0 saturated heterocycles. The monoisotopic (exact) mass is 243 g/mol. The molecule has 0 aliphatic rings. The van der Waals surface area contributed by atoms with Gasteiger partial charge in [-0.1, -0.05) is 11.6 Å². The van der Waals surface area contributed by atoms with Crippen molar-refractivity contribution in [1.29, 1.82) is 0 Å². The number of carbonyl (C=O) groups excluding carboxylic acids is 1. The van der Waals surface area contributed by atoms with E-state index in [0.717, 1.165) is 0 Å². The second-order valence-corrected chi connectivity index (χ2v) is 3.46. The lowest BCUT2D eigenvalue weighted by Crippen LogP contribution is -2.26. The Hall–Kier alpha value is -1.56. The first-order chi connectivity index (χ1) is 7.63. The molecule has 0 unspecified atom stereocenters. The summed E-state index contributed by atoms with van der Waals surface area (Å²) in [7, 11) is 1.73. The van der Waals surface area contributed by atoms with Gasteiger partial charge in [-0.15, -0.1) is 0 Å². The van der Waals surface area contributed by atoms with Crippen molar-refractivity contribution >= 4 is 29.3 Å². The van der Waals surface area contributed by atoms with E-state index in [1.54, 1.807) is 7.05 Å². The summed E-state index contributed by atoms with van der Waals surface area (Å²) >= 11 is 5.89. The van der Waals surface area contributed by atoms with Gasteiger partial charge in [-0.05, 0) is 0 Å². The molecule has 0 aliphatic carbocycles. The van der Waals surface area contributed by atoms with Gasteiger partial charge in [0.2, 0.25) is 11.9 Å². The minimum Gasteiger partial charge on any atom is -0.367 e. The lowest BCUT2D eigenvalue weighted by Gasteiger charge is -2.08. The molecular formula is C9H14ClN5O. The second kappa shape index (κ2) is 6.12.